The minimum Gasteiger partial charge on any atom is -0.334 e. The Morgan fingerprint density at radius 2 is 2.41 bits per heavy atom. The number of imidazole rings is 1. The topological polar surface area (TPSA) is 29.9 Å². The smallest absolute Gasteiger partial charge is 0.122 e. The minimum absolute atomic E-state index is 0.866. The summed E-state index contributed by atoms with van der Waals surface area (Å²) in [7, 11) is 0. The Morgan fingerprint density at radius 3 is 3.18 bits per heavy atom. The van der Waals surface area contributed by atoms with Gasteiger partial charge in [0.05, 0.1) is 6.54 Å². The van der Waals surface area contributed by atoms with Gasteiger partial charge in [-0.05, 0) is 30.8 Å². The van der Waals surface area contributed by atoms with E-state index in [2.05, 4.69) is 45.5 Å². The highest BCUT2D eigenvalue weighted by Crippen LogP contribution is 2.10. The average molecular weight is 249 g/mol. The van der Waals surface area contributed by atoms with Gasteiger partial charge in [-0.25, -0.2) is 4.98 Å². The van der Waals surface area contributed by atoms with Crippen LogP contribution in [0.1, 0.15) is 24.0 Å². The van der Waals surface area contributed by atoms with Gasteiger partial charge in [0.25, 0.3) is 0 Å². The van der Waals surface area contributed by atoms with Crippen molar-refractivity contribution in [1.82, 2.24) is 14.9 Å². The molecule has 0 atom stereocenters. The van der Waals surface area contributed by atoms with Gasteiger partial charge in [-0.15, -0.1) is 11.3 Å². The van der Waals surface area contributed by atoms with Crippen molar-refractivity contribution in [3.63, 3.8) is 0 Å². The fourth-order valence-electron chi connectivity index (χ4n) is 1.77. The second-order valence-corrected chi connectivity index (χ2v) is 5.08. The number of aromatic nitrogens is 2. The molecule has 1 N–H and O–H groups in total. The summed E-state index contributed by atoms with van der Waals surface area (Å²) < 4.78 is 2.24. The Labute approximate surface area is 107 Å². The van der Waals surface area contributed by atoms with Gasteiger partial charge in [0, 0.05) is 23.8 Å². The maximum Gasteiger partial charge on any atom is 0.122 e. The highest BCUT2D eigenvalue weighted by atomic mass is 32.1. The van der Waals surface area contributed by atoms with Gasteiger partial charge in [0.1, 0.15) is 5.82 Å². The zero-order chi connectivity index (χ0) is 11.9. The Bertz CT molecular complexity index is 420. The van der Waals surface area contributed by atoms with Crippen molar-refractivity contribution in [2.45, 2.75) is 32.9 Å². The fourth-order valence-corrected chi connectivity index (χ4v) is 2.47. The van der Waals surface area contributed by atoms with Gasteiger partial charge in [0.2, 0.25) is 0 Å². The lowest BCUT2D eigenvalue weighted by atomic mass is 10.3. The van der Waals surface area contributed by atoms with Crippen molar-refractivity contribution in [2.75, 3.05) is 6.54 Å². The van der Waals surface area contributed by atoms with E-state index in [9.17, 15) is 0 Å². The van der Waals surface area contributed by atoms with Gasteiger partial charge in [-0.3, -0.25) is 0 Å². The molecule has 2 aromatic rings. The Hall–Kier alpha value is -1.13. The number of nitrogens with zero attached hydrogens (tertiary/aromatic N) is 2. The van der Waals surface area contributed by atoms with E-state index in [-0.39, 0.29) is 0 Å². The van der Waals surface area contributed by atoms with Crippen LogP contribution in [-0.4, -0.2) is 16.1 Å². The van der Waals surface area contributed by atoms with Crippen molar-refractivity contribution >= 4 is 11.3 Å². The maximum atomic E-state index is 4.39. The summed E-state index contributed by atoms with van der Waals surface area (Å²) in [5.41, 5.74) is 0. The van der Waals surface area contributed by atoms with Crippen molar-refractivity contribution < 1.29 is 0 Å². The minimum atomic E-state index is 0.866. The molecule has 3 nitrogen and oxygen atoms in total. The van der Waals surface area contributed by atoms with Gasteiger partial charge < -0.3 is 9.88 Å². The molecule has 92 valence electrons. The SMILES string of the molecule is CCCNCc1nccn1CCc1cccs1. The predicted molar refractivity (Wildman–Crippen MR) is 72.2 cm³/mol. The molecule has 0 saturated carbocycles. The zero-order valence-corrected chi connectivity index (χ0v) is 11.0. The van der Waals surface area contributed by atoms with Crippen LogP contribution >= 0.6 is 11.3 Å². The summed E-state index contributed by atoms with van der Waals surface area (Å²) in [4.78, 5) is 5.83. The van der Waals surface area contributed by atoms with Crippen LogP contribution in [0.15, 0.2) is 29.9 Å². The second-order valence-electron chi connectivity index (χ2n) is 4.04. The summed E-state index contributed by atoms with van der Waals surface area (Å²) in [6.07, 6.45) is 6.21. The molecule has 0 unspecified atom stereocenters. The number of rotatable bonds is 7. The van der Waals surface area contributed by atoms with Gasteiger partial charge in [0.15, 0.2) is 0 Å². The molecule has 4 heteroatoms. The number of hydrogen-bond acceptors (Lipinski definition) is 3. The molecule has 0 fully saturated rings. The molecule has 0 amide bonds. The Balaban J connectivity index is 1.85. The van der Waals surface area contributed by atoms with Crippen LogP contribution in [0.5, 0.6) is 0 Å². The number of nitrogens with one attached hydrogen (secondary N) is 1. The fraction of sp³-hybridized carbons (Fsp3) is 0.462. The highest BCUT2D eigenvalue weighted by Gasteiger charge is 2.02. The van der Waals surface area contributed by atoms with Gasteiger partial charge >= 0.3 is 0 Å². The molecule has 0 aliphatic rings. The monoisotopic (exact) mass is 249 g/mol. The molecule has 0 bridgehead atoms. The van der Waals surface area contributed by atoms with E-state index >= 15 is 0 Å². The van der Waals surface area contributed by atoms with Crippen LogP contribution in [-0.2, 0) is 19.5 Å². The summed E-state index contributed by atoms with van der Waals surface area (Å²) in [6, 6.07) is 4.30. The third kappa shape index (κ3) is 3.68. The molecule has 0 spiro atoms. The first-order chi connectivity index (χ1) is 8.40. The van der Waals surface area contributed by atoms with Gasteiger partial charge in [-0.1, -0.05) is 13.0 Å². The van der Waals surface area contributed by atoms with Crippen molar-refractivity contribution in [3.05, 3.63) is 40.6 Å². The van der Waals surface area contributed by atoms with E-state index in [1.165, 1.54) is 4.88 Å². The highest BCUT2D eigenvalue weighted by molar-refractivity contribution is 7.09. The van der Waals surface area contributed by atoms with Crippen LogP contribution in [0.4, 0.5) is 0 Å². The van der Waals surface area contributed by atoms with Gasteiger partial charge in [-0.2, -0.15) is 0 Å². The lowest BCUT2D eigenvalue weighted by Crippen LogP contribution is -2.18. The lowest BCUT2D eigenvalue weighted by Gasteiger charge is -2.07. The molecule has 2 aromatic heterocycles. The first kappa shape index (κ1) is 12.3. The van der Waals surface area contributed by atoms with Crippen molar-refractivity contribution in [3.8, 4) is 0 Å². The van der Waals surface area contributed by atoms with E-state index in [0.29, 0.717) is 0 Å². The summed E-state index contributed by atoms with van der Waals surface area (Å²) in [5.74, 6) is 1.13. The lowest BCUT2D eigenvalue weighted by molar-refractivity contribution is 0.593. The molecule has 2 heterocycles. The zero-order valence-electron chi connectivity index (χ0n) is 10.2. The predicted octanol–water partition coefficient (Wildman–Crippen LogP) is 2.69. The molecule has 17 heavy (non-hydrogen) atoms. The molecular weight excluding hydrogens is 230 g/mol. The number of thiophene rings is 1. The van der Waals surface area contributed by atoms with Crippen LogP contribution in [0, 0.1) is 0 Å². The molecule has 2 rings (SSSR count). The molecule has 0 aliphatic carbocycles. The number of aryl methyl sites for hydroxylation is 2. The Kier molecular flexibility index (Phi) is 4.76. The normalized spacial score (nSPS) is 10.9. The molecule has 0 saturated heterocycles. The van der Waals surface area contributed by atoms with E-state index in [1.807, 2.05) is 17.5 Å². The molecule has 0 aromatic carbocycles. The standard InChI is InChI=1S/C13H19N3S/c1-2-6-14-11-13-15-7-9-16(13)8-5-12-4-3-10-17-12/h3-4,7,9-10,14H,2,5-6,8,11H2,1H3. The second kappa shape index (κ2) is 6.57. The summed E-state index contributed by atoms with van der Waals surface area (Å²) >= 11 is 1.82. The number of hydrogen-bond donors (Lipinski definition) is 1. The first-order valence-electron chi connectivity index (χ1n) is 6.13. The quantitative estimate of drug-likeness (QED) is 0.765. The largest absolute Gasteiger partial charge is 0.334 e. The van der Waals surface area contributed by atoms with E-state index in [0.717, 1.165) is 38.3 Å². The van der Waals surface area contributed by atoms with Crippen LogP contribution < -0.4 is 5.32 Å². The molecule has 0 radical (unpaired) electrons. The average Bonchev–Trinajstić information content (AvgIpc) is 2.97. The Morgan fingerprint density at radius 1 is 1.47 bits per heavy atom. The third-order valence-electron chi connectivity index (χ3n) is 2.69. The van der Waals surface area contributed by atoms with Crippen molar-refractivity contribution in [2.24, 2.45) is 0 Å². The van der Waals surface area contributed by atoms with E-state index < -0.39 is 0 Å². The summed E-state index contributed by atoms with van der Waals surface area (Å²) in [6.45, 7) is 5.11. The van der Waals surface area contributed by atoms with Crippen LogP contribution in [0.3, 0.4) is 0 Å². The van der Waals surface area contributed by atoms with E-state index in [1.54, 1.807) is 0 Å². The van der Waals surface area contributed by atoms with E-state index in [4.69, 9.17) is 0 Å². The first-order valence-corrected chi connectivity index (χ1v) is 7.01. The maximum absolute atomic E-state index is 4.39. The molecule has 0 aliphatic heterocycles. The van der Waals surface area contributed by atoms with Crippen LogP contribution in [0.2, 0.25) is 0 Å². The van der Waals surface area contributed by atoms with Crippen molar-refractivity contribution in [1.29, 1.82) is 0 Å². The summed E-state index contributed by atoms with van der Waals surface area (Å²) in [5, 5.41) is 5.52. The third-order valence-corrected chi connectivity index (χ3v) is 3.63. The molecular formula is C13H19N3S. The van der Waals surface area contributed by atoms with Crippen LogP contribution in [0.25, 0.3) is 0 Å².